The topological polar surface area (TPSA) is 107 Å². The molecule has 2 rings (SSSR count). The lowest BCUT2D eigenvalue weighted by molar-refractivity contribution is 0.0955. The first-order valence-corrected chi connectivity index (χ1v) is 6.68. The number of aromatic nitrogens is 1. The van der Waals surface area contributed by atoms with E-state index in [1.165, 1.54) is 20.2 Å². The summed E-state index contributed by atoms with van der Waals surface area (Å²) in [5.74, 6) is -0.742. The Morgan fingerprint density at radius 1 is 1.39 bits per heavy atom. The van der Waals surface area contributed by atoms with Gasteiger partial charge in [-0.3, -0.25) is 14.2 Å². The summed E-state index contributed by atoms with van der Waals surface area (Å²) in [6.07, 6.45) is 1.20. The molecular formula is C16H14N4O3. The number of hydrogen-bond donors (Lipinski definition) is 2. The van der Waals surface area contributed by atoms with Crippen molar-refractivity contribution in [1.29, 1.82) is 5.26 Å². The summed E-state index contributed by atoms with van der Waals surface area (Å²) >= 11 is 0. The minimum absolute atomic E-state index is 0.0823. The van der Waals surface area contributed by atoms with Gasteiger partial charge in [-0.2, -0.15) is 10.4 Å². The SMILES string of the molecule is Cc1c(/C=N/NC(=O)c2ccccc2)c(O)n(C)c(=O)c1C#N. The fourth-order valence-electron chi connectivity index (χ4n) is 2.00. The van der Waals surface area contributed by atoms with Gasteiger partial charge in [-0.25, -0.2) is 5.43 Å². The maximum absolute atomic E-state index is 11.9. The third-order valence-corrected chi connectivity index (χ3v) is 3.36. The van der Waals surface area contributed by atoms with Crippen molar-refractivity contribution in [1.82, 2.24) is 9.99 Å². The number of rotatable bonds is 3. The van der Waals surface area contributed by atoms with Gasteiger partial charge in [0.1, 0.15) is 11.6 Å². The Morgan fingerprint density at radius 2 is 2.04 bits per heavy atom. The van der Waals surface area contributed by atoms with E-state index >= 15 is 0 Å². The van der Waals surface area contributed by atoms with Gasteiger partial charge in [0.25, 0.3) is 11.5 Å². The maximum atomic E-state index is 11.9. The fourth-order valence-corrected chi connectivity index (χ4v) is 2.00. The average Bonchev–Trinajstić information content (AvgIpc) is 2.57. The van der Waals surface area contributed by atoms with Crippen LogP contribution in [0.15, 0.2) is 40.2 Å². The minimum Gasteiger partial charge on any atom is -0.494 e. The highest BCUT2D eigenvalue weighted by atomic mass is 16.3. The molecule has 2 N–H and O–H groups in total. The lowest BCUT2D eigenvalue weighted by Crippen LogP contribution is -2.23. The van der Waals surface area contributed by atoms with Crippen molar-refractivity contribution in [3.8, 4) is 11.9 Å². The fraction of sp³-hybridized carbons (Fsp3) is 0.125. The molecule has 0 spiro atoms. The number of carbonyl (C=O) groups is 1. The zero-order chi connectivity index (χ0) is 17.0. The Balaban J connectivity index is 2.31. The number of carbonyl (C=O) groups excluding carboxylic acids is 1. The number of nitrogens with one attached hydrogen (secondary N) is 1. The van der Waals surface area contributed by atoms with Crippen LogP contribution < -0.4 is 11.0 Å². The summed E-state index contributed by atoms with van der Waals surface area (Å²) in [5, 5.41) is 22.8. The van der Waals surface area contributed by atoms with Crippen LogP contribution in [-0.4, -0.2) is 21.8 Å². The van der Waals surface area contributed by atoms with E-state index in [2.05, 4.69) is 10.5 Å². The van der Waals surface area contributed by atoms with Crippen molar-refractivity contribution in [2.45, 2.75) is 6.92 Å². The molecular weight excluding hydrogens is 296 g/mol. The molecule has 0 atom stereocenters. The number of benzene rings is 1. The molecule has 0 aliphatic heterocycles. The molecule has 0 saturated heterocycles. The zero-order valence-corrected chi connectivity index (χ0v) is 12.6. The highest BCUT2D eigenvalue weighted by Gasteiger charge is 2.15. The van der Waals surface area contributed by atoms with Gasteiger partial charge >= 0.3 is 0 Å². The summed E-state index contributed by atoms with van der Waals surface area (Å²) in [4.78, 5) is 23.7. The summed E-state index contributed by atoms with van der Waals surface area (Å²) in [6, 6.07) is 10.3. The van der Waals surface area contributed by atoms with Gasteiger partial charge in [-0.1, -0.05) is 18.2 Å². The van der Waals surface area contributed by atoms with Gasteiger partial charge in [-0.15, -0.1) is 0 Å². The summed E-state index contributed by atoms with van der Waals surface area (Å²) in [7, 11) is 1.35. The molecule has 0 aliphatic carbocycles. The smallest absolute Gasteiger partial charge is 0.271 e. The second-order valence-electron chi connectivity index (χ2n) is 4.78. The molecule has 0 radical (unpaired) electrons. The predicted octanol–water partition coefficient (Wildman–Crippen LogP) is 1.03. The van der Waals surface area contributed by atoms with Crippen LogP contribution in [0.4, 0.5) is 0 Å². The molecule has 0 saturated carbocycles. The van der Waals surface area contributed by atoms with Crippen molar-refractivity contribution in [3.63, 3.8) is 0 Å². The predicted molar refractivity (Wildman–Crippen MR) is 84.3 cm³/mol. The number of aromatic hydroxyl groups is 1. The number of hydrogen-bond acceptors (Lipinski definition) is 5. The molecule has 1 aromatic carbocycles. The first-order valence-electron chi connectivity index (χ1n) is 6.68. The maximum Gasteiger partial charge on any atom is 0.271 e. The van der Waals surface area contributed by atoms with Crippen molar-refractivity contribution in [2.24, 2.45) is 12.1 Å². The molecule has 0 unspecified atom stereocenters. The van der Waals surface area contributed by atoms with Gasteiger partial charge in [-0.05, 0) is 24.6 Å². The Morgan fingerprint density at radius 3 is 2.65 bits per heavy atom. The highest BCUT2D eigenvalue weighted by Crippen LogP contribution is 2.18. The lowest BCUT2D eigenvalue weighted by atomic mass is 10.1. The van der Waals surface area contributed by atoms with E-state index in [0.29, 0.717) is 11.1 Å². The van der Waals surface area contributed by atoms with Gasteiger partial charge in [0.15, 0.2) is 0 Å². The highest BCUT2D eigenvalue weighted by molar-refractivity contribution is 5.95. The number of nitrogens with zero attached hydrogens (tertiary/aromatic N) is 3. The normalized spacial score (nSPS) is 10.5. The van der Waals surface area contributed by atoms with Crippen LogP contribution in [0.3, 0.4) is 0 Å². The Labute approximate surface area is 132 Å². The number of pyridine rings is 1. The zero-order valence-electron chi connectivity index (χ0n) is 12.6. The van der Waals surface area contributed by atoms with E-state index in [4.69, 9.17) is 5.26 Å². The summed E-state index contributed by atoms with van der Waals surface area (Å²) in [5.41, 5.74) is 2.57. The van der Waals surface area contributed by atoms with Gasteiger partial charge in [0.05, 0.1) is 11.8 Å². The lowest BCUT2D eigenvalue weighted by Gasteiger charge is -2.09. The van der Waals surface area contributed by atoms with E-state index in [0.717, 1.165) is 4.57 Å². The van der Waals surface area contributed by atoms with Crippen molar-refractivity contribution < 1.29 is 9.90 Å². The Bertz CT molecular complexity index is 877. The summed E-state index contributed by atoms with van der Waals surface area (Å²) < 4.78 is 0.950. The third-order valence-electron chi connectivity index (χ3n) is 3.36. The van der Waals surface area contributed by atoms with Crippen LogP contribution in [0.25, 0.3) is 0 Å². The molecule has 7 heteroatoms. The minimum atomic E-state index is -0.590. The molecule has 116 valence electrons. The van der Waals surface area contributed by atoms with Gasteiger partial charge in [0, 0.05) is 12.6 Å². The van der Waals surface area contributed by atoms with E-state index in [9.17, 15) is 14.7 Å². The van der Waals surface area contributed by atoms with E-state index < -0.39 is 11.5 Å². The molecule has 1 aromatic heterocycles. The molecule has 0 fully saturated rings. The molecule has 1 amide bonds. The quantitative estimate of drug-likeness (QED) is 0.652. The van der Waals surface area contributed by atoms with Crippen LogP contribution in [0.5, 0.6) is 5.88 Å². The molecule has 0 aliphatic rings. The van der Waals surface area contributed by atoms with Crippen LogP contribution in [0.1, 0.15) is 27.0 Å². The van der Waals surface area contributed by atoms with Gasteiger partial charge < -0.3 is 5.11 Å². The van der Waals surface area contributed by atoms with Crippen LogP contribution in [0, 0.1) is 18.3 Å². The number of amides is 1. The van der Waals surface area contributed by atoms with E-state index in [1.54, 1.807) is 36.4 Å². The standard InChI is InChI=1S/C16H14N4O3/c1-10-12(8-17)15(22)20(2)16(23)13(10)9-18-19-14(21)11-6-4-3-5-7-11/h3-7,9,23H,1-2H3,(H,19,21)/b18-9+. The molecule has 2 aromatic rings. The molecule has 0 bridgehead atoms. The van der Waals surface area contributed by atoms with Crippen LogP contribution in [0.2, 0.25) is 0 Å². The third kappa shape index (κ3) is 3.11. The average molecular weight is 310 g/mol. The number of hydrazone groups is 1. The summed E-state index contributed by atoms with van der Waals surface area (Å²) in [6.45, 7) is 1.53. The molecule has 7 nitrogen and oxygen atoms in total. The van der Waals surface area contributed by atoms with Crippen molar-refractivity contribution in [2.75, 3.05) is 0 Å². The van der Waals surface area contributed by atoms with Crippen LogP contribution >= 0.6 is 0 Å². The largest absolute Gasteiger partial charge is 0.494 e. The molecule has 1 heterocycles. The van der Waals surface area contributed by atoms with E-state index in [-0.39, 0.29) is 17.0 Å². The first-order chi connectivity index (χ1) is 11.0. The van der Waals surface area contributed by atoms with Crippen molar-refractivity contribution in [3.05, 3.63) is 62.9 Å². The second kappa shape index (κ2) is 6.58. The van der Waals surface area contributed by atoms with Crippen LogP contribution in [-0.2, 0) is 7.05 Å². The first kappa shape index (κ1) is 16.0. The van der Waals surface area contributed by atoms with Gasteiger partial charge in [0.2, 0.25) is 5.88 Å². The number of nitriles is 1. The Hall–Kier alpha value is -3.40. The van der Waals surface area contributed by atoms with E-state index in [1.807, 2.05) is 0 Å². The van der Waals surface area contributed by atoms with Crippen molar-refractivity contribution >= 4 is 12.1 Å². The molecule has 23 heavy (non-hydrogen) atoms. The monoisotopic (exact) mass is 310 g/mol. The second-order valence-corrected chi connectivity index (χ2v) is 4.78. The Kier molecular flexibility index (Phi) is 4.57.